The number of carbonyl (C=O) groups is 1. The van der Waals surface area contributed by atoms with Crippen LogP contribution >= 0.6 is 15.9 Å². The maximum atomic E-state index is 12.3. The van der Waals surface area contributed by atoms with E-state index in [2.05, 4.69) is 35.8 Å². The lowest BCUT2D eigenvalue weighted by molar-refractivity contribution is -0.132. The van der Waals surface area contributed by atoms with Crippen molar-refractivity contribution in [1.82, 2.24) is 4.90 Å². The maximum absolute atomic E-state index is 12.3. The Bertz CT molecular complexity index is 432. The number of carbonyl (C=O) groups excluding carboxylic acids is 1. The van der Waals surface area contributed by atoms with Gasteiger partial charge in [-0.05, 0) is 30.4 Å². The number of hydrogen-bond donors (Lipinski definition) is 0. The summed E-state index contributed by atoms with van der Waals surface area (Å²) in [4.78, 5) is 14.8. The monoisotopic (exact) mass is 309 g/mol. The van der Waals surface area contributed by atoms with Crippen LogP contribution in [-0.2, 0) is 11.2 Å². The molecule has 1 amide bonds. The van der Waals surface area contributed by atoms with Crippen LogP contribution in [0.15, 0.2) is 24.3 Å². The molecule has 0 aliphatic carbocycles. The number of piperidine rings is 1. The highest BCUT2D eigenvalue weighted by atomic mass is 79.9. The van der Waals surface area contributed by atoms with Gasteiger partial charge in [0, 0.05) is 17.9 Å². The van der Waals surface area contributed by atoms with Crippen molar-refractivity contribution in [2.75, 3.05) is 13.1 Å². The van der Waals surface area contributed by atoms with Crippen LogP contribution in [0.2, 0.25) is 0 Å². The number of amides is 1. The minimum atomic E-state index is 0.260. The third-order valence-electron chi connectivity index (χ3n) is 3.76. The van der Waals surface area contributed by atoms with Gasteiger partial charge in [-0.3, -0.25) is 4.79 Å². The third kappa shape index (κ3) is 3.14. The highest BCUT2D eigenvalue weighted by molar-refractivity contribution is 9.09. The average Bonchev–Trinajstić information content (AvgIpc) is 2.35. The summed E-state index contributed by atoms with van der Waals surface area (Å²) in [5.74, 6) is 0.801. The second-order valence-corrected chi connectivity index (χ2v) is 6.40. The normalized spacial score (nSPS) is 24.1. The molecule has 1 fully saturated rings. The molecular formula is C15H20BrNO. The molecule has 2 rings (SSSR count). The quantitative estimate of drug-likeness (QED) is 0.768. The minimum Gasteiger partial charge on any atom is -0.342 e. The van der Waals surface area contributed by atoms with Gasteiger partial charge in [-0.1, -0.05) is 47.1 Å². The summed E-state index contributed by atoms with van der Waals surface area (Å²) in [5.41, 5.74) is 2.35. The SMILES string of the molecule is Cc1ccccc1CC(=O)N1CCC(Br)C(C)C1. The van der Waals surface area contributed by atoms with Gasteiger partial charge in [-0.15, -0.1) is 0 Å². The molecule has 1 saturated heterocycles. The van der Waals surface area contributed by atoms with Crippen molar-refractivity contribution in [2.45, 2.75) is 31.5 Å². The van der Waals surface area contributed by atoms with E-state index < -0.39 is 0 Å². The van der Waals surface area contributed by atoms with Gasteiger partial charge < -0.3 is 4.90 Å². The molecule has 2 unspecified atom stereocenters. The molecule has 3 heteroatoms. The highest BCUT2D eigenvalue weighted by Gasteiger charge is 2.26. The van der Waals surface area contributed by atoms with E-state index in [1.807, 2.05) is 23.1 Å². The Morgan fingerprint density at radius 2 is 2.17 bits per heavy atom. The highest BCUT2D eigenvalue weighted by Crippen LogP contribution is 2.24. The summed E-state index contributed by atoms with van der Waals surface area (Å²) in [7, 11) is 0. The molecule has 0 spiro atoms. The molecule has 2 atom stereocenters. The Morgan fingerprint density at radius 1 is 1.44 bits per heavy atom. The topological polar surface area (TPSA) is 20.3 Å². The fourth-order valence-electron chi connectivity index (χ4n) is 2.43. The second kappa shape index (κ2) is 5.87. The summed E-state index contributed by atoms with van der Waals surface area (Å²) < 4.78 is 0. The number of halogens is 1. The van der Waals surface area contributed by atoms with Gasteiger partial charge in [0.25, 0.3) is 0 Å². The molecular weight excluding hydrogens is 290 g/mol. The minimum absolute atomic E-state index is 0.260. The predicted molar refractivity (Wildman–Crippen MR) is 78.0 cm³/mol. The molecule has 18 heavy (non-hydrogen) atoms. The first-order valence-electron chi connectivity index (χ1n) is 6.54. The zero-order chi connectivity index (χ0) is 13.1. The van der Waals surface area contributed by atoms with Gasteiger partial charge in [-0.25, -0.2) is 0 Å². The van der Waals surface area contributed by atoms with Crippen LogP contribution in [0.1, 0.15) is 24.5 Å². The molecule has 0 aromatic heterocycles. The van der Waals surface area contributed by atoms with Crippen molar-refractivity contribution in [3.05, 3.63) is 35.4 Å². The molecule has 0 saturated carbocycles. The number of likely N-dealkylation sites (tertiary alicyclic amines) is 1. The van der Waals surface area contributed by atoms with Crippen molar-refractivity contribution in [2.24, 2.45) is 5.92 Å². The molecule has 1 aliphatic heterocycles. The van der Waals surface area contributed by atoms with Crippen molar-refractivity contribution in [3.8, 4) is 0 Å². The van der Waals surface area contributed by atoms with Crippen LogP contribution in [0, 0.1) is 12.8 Å². The van der Waals surface area contributed by atoms with Gasteiger partial charge in [0.1, 0.15) is 0 Å². The number of rotatable bonds is 2. The molecule has 0 bridgehead atoms. The average molecular weight is 310 g/mol. The van der Waals surface area contributed by atoms with Crippen LogP contribution < -0.4 is 0 Å². The van der Waals surface area contributed by atoms with E-state index in [9.17, 15) is 4.79 Å². The van der Waals surface area contributed by atoms with E-state index in [0.717, 1.165) is 25.1 Å². The first kappa shape index (κ1) is 13.6. The molecule has 1 aromatic rings. The first-order valence-corrected chi connectivity index (χ1v) is 7.46. The Balaban J connectivity index is 1.99. The van der Waals surface area contributed by atoms with E-state index in [1.54, 1.807) is 0 Å². The summed E-state index contributed by atoms with van der Waals surface area (Å²) in [5, 5.41) is 0. The molecule has 98 valence electrons. The van der Waals surface area contributed by atoms with E-state index in [1.165, 1.54) is 5.56 Å². The lowest BCUT2D eigenvalue weighted by atomic mass is 9.98. The number of alkyl halides is 1. The molecule has 0 radical (unpaired) electrons. The Kier molecular flexibility index (Phi) is 4.44. The van der Waals surface area contributed by atoms with Crippen LogP contribution in [0.4, 0.5) is 0 Å². The molecule has 0 N–H and O–H groups in total. The smallest absolute Gasteiger partial charge is 0.227 e. The van der Waals surface area contributed by atoms with Crippen LogP contribution in [0.25, 0.3) is 0 Å². The number of hydrogen-bond acceptors (Lipinski definition) is 1. The van der Waals surface area contributed by atoms with E-state index in [0.29, 0.717) is 17.2 Å². The lowest BCUT2D eigenvalue weighted by Crippen LogP contribution is -2.43. The maximum Gasteiger partial charge on any atom is 0.227 e. The standard InChI is InChI=1S/C15H20BrNO/c1-11-5-3-4-6-13(11)9-15(18)17-8-7-14(16)12(2)10-17/h3-6,12,14H,7-10H2,1-2H3. The summed E-state index contributed by atoms with van der Waals surface area (Å²) in [6.45, 7) is 6.02. The Morgan fingerprint density at radius 3 is 2.83 bits per heavy atom. The van der Waals surface area contributed by atoms with Crippen molar-refractivity contribution < 1.29 is 4.79 Å². The summed E-state index contributed by atoms with van der Waals surface area (Å²) in [6, 6.07) is 8.13. The zero-order valence-corrected chi connectivity index (χ0v) is 12.6. The van der Waals surface area contributed by atoms with E-state index >= 15 is 0 Å². The van der Waals surface area contributed by atoms with E-state index in [4.69, 9.17) is 0 Å². The molecule has 1 heterocycles. The first-order chi connectivity index (χ1) is 8.58. The van der Waals surface area contributed by atoms with Gasteiger partial charge in [0.2, 0.25) is 5.91 Å². The van der Waals surface area contributed by atoms with Crippen LogP contribution in [0.3, 0.4) is 0 Å². The van der Waals surface area contributed by atoms with Gasteiger partial charge in [-0.2, -0.15) is 0 Å². The van der Waals surface area contributed by atoms with Crippen molar-refractivity contribution >= 4 is 21.8 Å². The van der Waals surface area contributed by atoms with Crippen molar-refractivity contribution in [1.29, 1.82) is 0 Å². The number of aryl methyl sites for hydroxylation is 1. The fraction of sp³-hybridized carbons (Fsp3) is 0.533. The zero-order valence-electron chi connectivity index (χ0n) is 11.0. The van der Waals surface area contributed by atoms with Gasteiger partial charge in [0.05, 0.1) is 6.42 Å². The van der Waals surface area contributed by atoms with Crippen molar-refractivity contribution in [3.63, 3.8) is 0 Å². The van der Waals surface area contributed by atoms with Crippen LogP contribution in [0.5, 0.6) is 0 Å². The predicted octanol–water partition coefficient (Wildman–Crippen LogP) is 3.17. The van der Waals surface area contributed by atoms with Gasteiger partial charge in [0.15, 0.2) is 0 Å². The second-order valence-electron chi connectivity index (χ2n) is 5.22. The van der Waals surface area contributed by atoms with Crippen LogP contribution in [-0.4, -0.2) is 28.7 Å². The van der Waals surface area contributed by atoms with Gasteiger partial charge >= 0.3 is 0 Å². The lowest BCUT2D eigenvalue weighted by Gasteiger charge is -2.34. The summed E-state index contributed by atoms with van der Waals surface area (Å²) in [6.07, 6.45) is 1.59. The summed E-state index contributed by atoms with van der Waals surface area (Å²) >= 11 is 3.67. The molecule has 1 aliphatic rings. The fourth-order valence-corrected chi connectivity index (χ4v) is 2.80. The number of benzene rings is 1. The Labute approximate surface area is 117 Å². The largest absolute Gasteiger partial charge is 0.342 e. The Hall–Kier alpha value is -0.830. The van der Waals surface area contributed by atoms with E-state index in [-0.39, 0.29) is 5.91 Å². The molecule has 2 nitrogen and oxygen atoms in total. The number of nitrogens with zero attached hydrogens (tertiary/aromatic N) is 1. The third-order valence-corrected chi connectivity index (χ3v) is 5.12. The molecule has 1 aromatic carbocycles.